The van der Waals surface area contributed by atoms with E-state index in [1.807, 2.05) is 12.1 Å². The second-order valence-corrected chi connectivity index (χ2v) is 3.46. The van der Waals surface area contributed by atoms with E-state index in [0.29, 0.717) is 12.1 Å². The summed E-state index contributed by atoms with van der Waals surface area (Å²) in [5.74, 6) is 0.0496. The van der Waals surface area contributed by atoms with Crippen molar-refractivity contribution in [3.8, 4) is 0 Å². The summed E-state index contributed by atoms with van der Waals surface area (Å²) in [6, 6.07) is 6.89. The number of aliphatic hydroxyl groups is 1. The molecule has 1 aromatic carbocycles. The van der Waals surface area contributed by atoms with Crippen molar-refractivity contribution in [3.63, 3.8) is 0 Å². The Morgan fingerprint density at radius 1 is 1.47 bits per heavy atom. The Labute approximate surface area is 89.1 Å². The zero-order valence-corrected chi connectivity index (χ0v) is 8.73. The number of Topliss-reactive ketones (excluding diaryl/α,β-unsaturated/α-hetero) is 1. The lowest BCUT2D eigenvalue weighted by atomic mass is 10.1. The van der Waals surface area contributed by atoms with E-state index in [-0.39, 0.29) is 18.4 Å². The van der Waals surface area contributed by atoms with E-state index in [2.05, 4.69) is 5.32 Å². The standard InChI is InChI=1S/C11H16N2O2/c1-8(15)9-2-4-11(5-3-9)13-6-10(12)7-14/h2-5,10,13-14H,6-7,12H2,1H3. The van der Waals surface area contributed by atoms with Gasteiger partial charge in [0.15, 0.2) is 5.78 Å². The van der Waals surface area contributed by atoms with Gasteiger partial charge in [-0.15, -0.1) is 0 Å². The lowest BCUT2D eigenvalue weighted by molar-refractivity contribution is 0.101. The van der Waals surface area contributed by atoms with Crippen molar-refractivity contribution < 1.29 is 9.90 Å². The van der Waals surface area contributed by atoms with Crippen LogP contribution in [0.1, 0.15) is 17.3 Å². The van der Waals surface area contributed by atoms with Gasteiger partial charge in [-0.1, -0.05) is 0 Å². The molecule has 1 aromatic rings. The van der Waals surface area contributed by atoms with E-state index in [0.717, 1.165) is 5.69 Å². The van der Waals surface area contributed by atoms with Gasteiger partial charge < -0.3 is 16.2 Å². The molecule has 4 N–H and O–H groups in total. The third-order valence-corrected chi connectivity index (χ3v) is 2.09. The van der Waals surface area contributed by atoms with Gasteiger partial charge in [-0.3, -0.25) is 4.79 Å². The molecular weight excluding hydrogens is 192 g/mol. The number of anilines is 1. The lowest BCUT2D eigenvalue weighted by Crippen LogP contribution is -2.32. The van der Waals surface area contributed by atoms with Gasteiger partial charge in [0.05, 0.1) is 6.61 Å². The summed E-state index contributed by atoms with van der Waals surface area (Å²) in [5, 5.41) is 11.8. The minimum Gasteiger partial charge on any atom is -0.395 e. The summed E-state index contributed by atoms with van der Waals surface area (Å²) in [7, 11) is 0. The van der Waals surface area contributed by atoms with Crippen LogP contribution in [-0.2, 0) is 0 Å². The van der Waals surface area contributed by atoms with Crippen LogP contribution in [0, 0.1) is 0 Å². The smallest absolute Gasteiger partial charge is 0.159 e. The molecule has 0 aromatic heterocycles. The number of aliphatic hydroxyl groups excluding tert-OH is 1. The summed E-state index contributed by atoms with van der Waals surface area (Å²) in [6.07, 6.45) is 0. The van der Waals surface area contributed by atoms with Crippen LogP contribution in [0.5, 0.6) is 0 Å². The second-order valence-electron chi connectivity index (χ2n) is 3.46. The highest BCUT2D eigenvalue weighted by molar-refractivity contribution is 5.94. The first-order chi connectivity index (χ1) is 7.13. The van der Waals surface area contributed by atoms with Crippen molar-refractivity contribution in [2.75, 3.05) is 18.5 Å². The van der Waals surface area contributed by atoms with Gasteiger partial charge in [-0.2, -0.15) is 0 Å². The first kappa shape index (κ1) is 11.7. The quantitative estimate of drug-likeness (QED) is 0.620. The van der Waals surface area contributed by atoms with Crippen LogP contribution >= 0.6 is 0 Å². The SMILES string of the molecule is CC(=O)c1ccc(NCC(N)CO)cc1. The Balaban J connectivity index is 2.53. The maximum Gasteiger partial charge on any atom is 0.159 e. The Morgan fingerprint density at radius 3 is 2.53 bits per heavy atom. The van der Waals surface area contributed by atoms with Gasteiger partial charge in [0.1, 0.15) is 0 Å². The van der Waals surface area contributed by atoms with Crippen LogP contribution in [0.15, 0.2) is 24.3 Å². The number of nitrogens with one attached hydrogen (secondary N) is 1. The molecule has 4 nitrogen and oxygen atoms in total. The van der Waals surface area contributed by atoms with E-state index in [1.54, 1.807) is 12.1 Å². The molecular formula is C11H16N2O2. The Morgan fingerprint density at radius 2 is 2.07 bits per heavy atom. The summed E-state index contributed by atoms with van der Waals surface area (Å²) < 4.78 is 0. The molecule has 0 aliphatic rings. The molecule has 4 heteroatoms. The van der Waals surface area contributed by atoms with Crippen molar-refractivity contribution in [2.24, 2.45) is 5.73 Å². The number of carbonyl (C=O) groups excluding carboxylic acids is 1. The zero-order valence-electron chi connectivity index (χ0n) is 8.73. The number of rotatable bonds is 5. The molecule has 0 saturated carbocycles. The van der Waals surface area contributed by atoms with Crippen LogP contribution in [0.3, 0.4) is 0 Å². The van der Waals surface area contributed by atoms with Gasteiger partial charge in [0.2, 0.25) is 0 Å². The number of hydrogen-bond acceptors (Lipinski definition) is 4. The normalized spacial score (nSPS) is 12.2. The molecule has 0 fully saturated rings. The van der Waals surface area contributed by atoms with Crippen molar-refractivity contribution >= 4 is 11.5 Å². The first-order valence-corrected chi connectivity index (χ1v) is 4.85. The largest absolute Gasteiger partial charge is 0.395 e. The molecule has 1 rings (SSSR count). The van der Waals surface area contributed by atoms with E-state index >= 15 is 0 Å². The van der Waals surface area contributed by atoms with Gasteiger partial charge in [-0.05, 0) is 31.2 Å². The maximum absolute atomic E-state index is 11.0. The number of carbonyl (C=O) groups is 1. The molecule has 0 bridgehead atoms. The third-order valence-electron chi connectivity index (χ3n) is 2.09. The second kappa shape index (κ2) is 5.48. The number of hydrogen-bond donors (Lipinski definition) is 3. The fraction of sp³-hybridized carbons (Fsp3) is 0.364. The van der Waals surface area contributed by atoms with Gasteiger partial charge in [-0.25, -0.2) is 0 Å². The lowest BCUT2D eigenvalue weighted by Gasteiger charge is -2.10. The molecule has 0 aliphatic heterocycles. The first-order valence-electron chi connectivity index (χ1n) is 4.85. The van der Waals surface area contributed by atoms with Crippen molar-refractivity contribution in [3.05, 3.63) is 29.8 Å². The summed E-state index contributed by atoms with van der Waals surface area (Å²) >= 11 is 0. The zero-order chi connectivity index (χ0) is 11.3. The highest BCUT2D eigenvalue weighted by atomic mass is 16.3. The molecule has 1 atom stereocenters. The molecule has 15 heavy (non-hydrogen) atoms. The van der Waals surface area contributed by atoms with Crippen LogP contribution in [0.2, 0.25) is 0 Å². The number of benzene rings is 1. The molecule has 82 valence electrons. The molecule has 0 amide bonds. The number of ketones is 1. The van der Waals surface area contributed by atoms with E-state index in [4.69, 9.17) is 10.8 Å². The van der Waals surface area contributed by atoms with Crippen LogP contribution in [-0.4, -0.2) is 30.1 Å². The molecule has 0 aliphatic carbocycles. The van der Waals surface area contributed by atoms with Crippen LogP contribution in [0.4, 0.5) is 5.69 Å². The van der Waals surface area contributed by atoms with Crippen molar-refractivity contribution in [1.82, 2.24) is 0 Å². The van der Waals surface area contributed by atoms with Gasteiger partial charge in [0.25, 0.3) is 0 Å². The Hall–Kier alpha value is -1.39. The average molecular weight is 208 g/mol. The maximum atomic E-state index is 11.0. The topological polar surface area (TPSA) is 75.4 Å². The van der Waals surface area contributed by atoms with Gasteiger partial charge >= 0.3 is 0 Å². The predicted octanol–water partition coefficient (Wildman–Crippen LogP) is 0.621. The van der Waals surface area contributed by atoms with E-state index in [1.165, 1.54) is 6.92 Å². The fourth-order valence-electron chi connectivity index (χ4n) is 1.14. The highest BCUT2D eigenvalue weighted by Crippen LogP contribution is 2.09. The predicted molar refractivity (Wildman–Crippen MR) is 60.0 cm³/mol. The average Bonchev–Trinajstić information content (AvgIpc) is 2.26. The molecule has 0 spiro atoms. The van der Waals surface area contributed by atoms with Crippen LogP contribution in [0.25, 0.3) is 0 Å². The minimum atomic E-state index is -0.266. The minimum absolute atomic E-state index is 0.0431. The monoisotopic (exact) mass is 208 g/mol. The highest BCUT2D eigenvalue weighted by Gasteiger charge is 2.01. The van der Waals surface area contributed by atoms with Crippen molar-refractivity contribution in [2.45, 2.75) is 13.0 Å². The Kier molecular flexibility index (Phi) is 4.27. The van der Waals surface area contributed by atoms with E-state index < -0.39 is 0 Å². The fourth-order valence-corrected chi connectivity index (χ4v) is 1.14. The molecule has 1 unspecified atom stereocenters. The van der Waals surface area contributed by atoms with Crippen molar-refractivity contribution in [1.29, 1.82) is 0 Å². The summed E-state index contributed by atoms with van der Waals surface area (Å²) in [5.41, 5.74) is 7.11. The summed E-state index contributed by atoms with van der Waals surface area (Å²) in [6.45, 7) is 2.00. The van der Waals surface area contributed by atoms with Gasteiger partial charge in [0, 0.05) is 23.8 Å². The number of nitrogens with two attached hydrogens (primary N) is 1. The molecule has 0 saturated heterocycles. The Bertz CT molecular complexity index is 322. The van der Waals surface area contributed by atoms with Crippen LogP contribution < -0.4 is 11.1 Å². The third kappa shape index (κ3) is 3.69. The van der Waals surface area contributed by atoms with E-state index in [9.17, 15) is 4.79 Å². The summed E-state index contributed by atoms with van der Waals surface area (Å²) in [4.78, 5) is 11.0. The molecule has 0 heterocycles. The molecule has 0 radical (unpaired) electrons.